The first-order valence-electron chi connectivity index (χ1n) is 11.1. The summed E-state index contributed by atoms with van der Waals surface area (Å²) >= 11 is 0. The zero-order valence-corrected chi connectivity index (χ0v) is 17.9. The van der Waals surface area contributed by atoms with E-state index in [2.05, 4.69) is 39.6 Å². The molecule has 2 aliphatic rings. The number of aromatic nitrogens is 3. The summed E-state index contributed by atoms with van der Waals surface area (Å²) in [5.41, 5.74) is 2.81. The van der Waals surface area contributed by atoms with E-state index < -0.39 is 0 Å². The Morgan fingerprint density at radius 2 is 2.00 bits per heavy atom. The third-order valence-corrected chi connectivity index (χ3v) is 6.60. The van der Waals surface area contributed by atoms with E-state index in [1.54, 1.807) is 12.3 Å². The van der Waals surface area contributed by atoms with Crippen molar-refractivity contribution in [1.82, 2.24) is 20.1 Å². The van der Waals surface area contributed by atoms with Crippen molar-refractivity contribution in [3.63, 3.8) is 0 Å². The van der Waals surface area contributed by atoms with Gasteiger partial charge in [0.05, 0.1) is 11.2 Å². The standard InChI is InChI=1S/C25H25FN6/c1-16(17-5-3-2-4-6-17)29-24-13-20(9-10-27-24)32-23-11-18(26)7-8-22(23)25(30-32)31-15-19-12-21(31)14-28-19/h2-11,13,16,19,21,28H,12,14-15H2,1H3,(H,27,29). The molecule has 2 saturated heterocycles. The average Bonchev–Trinajstić information content (AvgIpc) is 3.54. The molecule has 2 aromatic carbocycles. The van der Waals surface area contributed by atoms with Crippen molar-refractivity contribution in [2.45, 2.75) is 31.5 Å². The normalized spacial score (nSPS) is 20.8. The van der Waals surface area contributed by atoms with Gasteiger partial charge < -0.3 is 15.5 Å². The molecule has 2 N–H and O–H groups in total. The summed E-state index contributed by atoms with van der Waals surface area (Å²) in [6.07, 6.45) is 2.90. The van der Waals surface area contributed by atoms with Gasteiger partial charge in [0, 0.05) is 54.9 Å². The van der Waals surface area contributed by atoms with Crippen molar-refractivity contribution in [2.24, 2.45) is 0 Å². The molecule has 4 aromatic rings. The maximum atomic E-state index is 14.2. The molecule has 2 aromatic heterocycles. The molecular formula is C25H25FN6. The van der Waals surface area contributed by atoms with Gasteiger partial charge in [-0.15, -0.1) is 5.10 Å². The number of benzene rings is 2. The molecule has 0 amide bonds. The number of rotatable bonds is 5. The molecule has 162 valence electrons. The second-order valence-corrected chi connectivity index (χ2v) is 8.72. The minimum atomic E-state index is -0.264. The third-order valence-electron chi connectivity index (χ3n) is 6.60. The van der Waals surface area contributed by atoms with Crippen LogP contribution in [0.15, 0.2) is 66.9 Å². The molecule has 2 bridgehead atoms. The van der Waals surface area contributed by atoms with Crippen LogP contribution in [0.1, 0.15) is 24.9 Å². The number of halogens is 1. The van der Waals surface area contributed by atoms with E-state index >= 15 is 0 Å². The van der Waals surface area contributed by atoms with E-state index in [0.717, 1.165) is 47.7 Å². The number of fused-ring (bicyclic) bond motifs is 3. The van der Waals surface area contributed by atoms with Crippen molar-refractivity contribution in [2.75, 3.05) is 23.3 Å². The van der Waals surface area contributed by atoms with E-state index in [1.165, 1.54) is 11.6 Å². The minimum Gasteiger partial charge on any atom is -0.363 e. The molecule has 0 spiro atoms. The summed E-state index contributed by atoms with van der Waals surface area (Å²) in [5, 5.41) is 13.0. The topological polar surface area (TPSA) is 58.0 Å². The number of nitrogens with zero attached hydrogens (tertiary/aromatic N) is 4. The van der Waals surface area contributed by atoms with Crippen molar-refractivity contribution in [3.8, 4) is 5.69 Å². The summed E-state index contributed by atoms with van der Waals surface area (Å²) in [5.74, 6) is 1.42. The van der Waals surface area contributed by atoms with Crippen LogP contribution >= 0.6 is 0 Å². The fraction of sp³-hybridized carbons (Fsp3) is 0.280. The van der Waals surface area contributed by atoms with Crippen molar-refractivity contribution < 1.29 is 4.39 Å². The van der Waals surface area contributed by atoms with Gasteiger partial charge in [-0.25, -0.2) is 14.1 Å². The molecule has 2 fully saturated rings. The molecule has 0 aliphatic carbocycles. The van der Waals surface area contributed by atoms with Crippen LogP contribution in [0.4, 0.5) is 16.0 Å². The molecule has 2 aliphatic heterocycles. The predicted molar refractivity (Wildman–Crippen MR) is 125 cm³/mol. The molecule has 0 radical (unpaired) electrons. The molecule has 6 nitrogen and oxygen atoms in total. The van der Waals surface area contributed by atoms with Crippen LogP contribution in [-0.4, -0.2) is 39.9 Å². The first kappa shape index (κ1) is 19.3. The van der Waals surface area contributed by atoms with E-state index in [1.807, 2.05) is 41.1 Å². The molecule has 32 heavy (non-hydrogen) atoms. The Bertz CT molecular complexity index is 1270. The third kappa shape index (κ3) is 3.29. The Hall–Kier alpha value is -3.45. The van der Waals surface area contributed by atoms with Gasteiger partial charge in [-0.1, -0.05) is 30.3 Å². The lowest BCUT2D eigenvalue weighted by atomic mass is 10.1. The quantitative estimate of drug-likeness (QED) is 0.497. The molecule has 4 heterocycles. The monoisotopic (exact) mass is 428 g/mol. The highest BCUT2D eigenvalue weighted by molar-refractivity contribution is 5.92. The lowest BCUT2D eigenvalue weighted by Crippen LogP contribution is -2.43. The van der Waals surface area contributed by atoms with Crippen LogP contribution in [0.3, 0.4) is 0 Å². The van der Waals surface area contributed by atoms with Crippen molar-refractivity contribution in [3.05, 3.63) is 78.2 Å². The molecule has 0 saturated carbocycles. The smallest absolute Gasteiger partial charge is 0.159 e. The van der Waals surface area contributed by atoms with Gasteiger partial charge in [-0.2, -0.15) is 0 Å². The number of anilines is 2. The van der Waals surface area contributed by atoms with Gasteiger partial charge in [0.2, 0.25) is 0 Å². The molecule has 7 heteroatoms. The maximum Gasteiger partial charge on any atom is 0.159 e. The van der Waals surface area contributed by atoms with Gasteiger partial charge in [0.1, 0.15) is 11.6 Å². The predicted octanol–water partition coefficient (Wildman–Crippen LogP) is 4.28. The van der Waals surface area contributed by atoms with Gasteiger partial charge in [-0.05, 0) is 37.1 Å². The second-order valence-electron chi connectivity index (χ2n) is 8.72. The first-order chi connectivity index (χ1) is 15.7. The Morgan fingerprint density at radius 1 is 1.12 bits per heavy atom. The second kappa shape index (κ2) is 7.60. The summed E-state index contributed by atoms with van der Waals surface area (Å²) in [4.78, 5) is 6.87. The molecule has 6 rings (SSSR count). The van der Waals surface area contributed by atoms with Gasteiger partial charge in [0.25, 0.3) is 0 Å². The summed E-state index contributed by atoms with van der Waals surface area (Å²) < 4.78 is 16.1. The highest BCUT2D eigenvalue weighted by atomic mass is 19.1. The van der Waals surface area contributed by atoms with Crippen molar-refractivity contribution >= 4 is 22.5 Å². The maximum absolute atomic E-state index is 14.2. The Labute approximate surface area is 186 Å². The van der Waals surface area contributed by atoms with Crippen LogP contribution in [0.5, 0.6) is 0 Å². The van der Waals surface area contributed by atoms with Crippen LogP contribution < -0.4 is 15.5 Å². The van der Waals surface area contributed by atoms with Crippen LogP contribution in [0.2, 0.25) is 0 Å². The van der Waals surface area contributed by atoms with E-state index in [4.69, 9.17) is 5.10 Å². The van der Waals surface area contributed by atoms with E-state index in [9.17, 15) is 4.39 Å². The number of piperazine rings is 1. The van der Waals surface area contributed by atoms with Gasteiger partial charge in [0.15, 0.2) is 5.82 Å². The fourth-order valence-corrected chi connectivity index (χ4v) is 4.98. The Kier molecular flexibility index (Phi) is 4.57. The highest BCUT2D eigenvalue weighted by Gasteiger charge is 2.39. The number of hydrogen-bond acceptors (Lipinski definition) is 5. The Balaban J connectivity index is 1.38. The largest absolute Gasteiger partial charge is 0.363 e. The number of nitrogens with one attached hydrogen (secondary N) is 2. The lowest BCUT2D eigenvalue weighted by molar-refractivity contribution is 0.575. The molecular weight excluding hydrogens is 403 g/mol. The number of hydrogen-bond donors (Lipinski definition) is 2. The Morgan fingerprint density at radius 3 is 2.78 bits per heavy atom. The van der Waals surface area contributed by atoms with E-state index in [-0.39, 0.29) is 11.9 Å². The molecule has 3 atom stereocenters. The van der Waals surface area contributed by atoms with Gasteiger partial charge in [-0.3, -0.25) is 0 Å². The van der Waals surface area contributed by atoms with Crippen LogP contribution in [0.25, 0.3) is 16.6 Å². The SMILES string of the molecule is CC(Nc1cc(-n2nc(N3CC4CC3CN4)c3ccc(F)cc32)ccn1)c1ccccc1. The van der Waals surface area contributed by atoms with E-state index in [0.29, 0.717) is 12.1 Å². The average molecular weight is 429 g/mol. The molecule has 3 unspecified atom stereocenters. The minimum absolute atomic E-state index is 0.106. The highest BCUT2D eigenvalue weighted by Crippen LogP contribution is 2.35. The zero-order valence-electron chi connectivity index (χ0n) is 17.9. The number of pyridine rings is 1. The summed E-state index contributed by atoms with van der Waals surface area (Å²) in [7, 11) is 0. The zero-order chi connectivity index (χ0) is 21.7. The van der Waals surface area contributed by atoms with Crippen LogP contribution in [0, 0.1) is 5.82 Å². The first-order valence-corrected chi connectivity index (χ1v) is 11.1. The van der Waals surface area contributed by atoms with Gasteiger partial charge >= 0.3 is 0 Å². The van der Waals surface area contributed by atoms with Crippen molar-refractivity contribution in [1.29, 1.82) is 0 Å². The van der Waals surface area contributed by atoms with Crippen LogP contribution in [-0.2, 0) is 0 Å². The lowest BCUT2D eigenvalue weighted by Gasteiger charge is -2.27. The summed E-state index contributed by atoms with van der Waals surface area (Å²) in [6, 6.07) is 20.1. The fourth-order valence-electron chi connectivity index (χ4n) is 4.98. The summed E-state index contributed by atoms with van der Waals surface area (Å²) in [6.45, 7) is 4.02.